The lowest BCUT2D eigenvalue weighted by Crippen LogP contribution is -2.40. The Morgan fingerprint density at radius 2 is 1.91 bits per heavy atom. The molecular formula is C22H23FN2O6S. The zero-order valence-electron chi connectivity index (χ0n) is 17.4. The highest BCUT2D eigenvalue weighted by atomic mass is 32.2. The van der Waals surface area contributed by atoms with E-state index in [0.29, 0.717) is 18.8 Å². The third kappa shape index (κ3) is 6.00. The lowest BCUT2D eigenvalue weighted by Gasteiger charge is -2.26. The van der Waals surface area contributed by atoms with Crippen LogP contribution in [0.5, 0.6) is 0 Å². The Balaban J connectivity index is 1.60. The molecule has 1 amide bonds. The van der Waals surface area contributed by atoms with Gasteiger partial charge in [-0.15, -0.1) is 0 Å². The van der Waals surface area contributed by atoms with E-state index in [0.717, 1.165) is 6.08 Å². The minimum Gasteiger partial charge on any atom is -0.452 e. The van der Waals surface area contributed by atoms with E-state index in [2.05, 4.69) is 5.32 Å². The number of carbonyl (C=O) groups is 2. The predicted octanol–water partition coefficient (Wildman–Crippen LogP) is 2.35. The van der Waals surface area contributed by atoms with Crippen molar-refractivity contribution in [1.82, 2.24) is 4.31 Å². The van der Waals surface area contributed by atoms with Crippen LogP contribution in [0.25, 0.3) is 6.08 Å². The van der Waals surface area contributed by atoms with Crippen molar-refractivity contribution in [2.75, 3.05) is 38.2 Å². The molecule has 0 unspecified atom stereocenters. The van der Waals surface area contributed by atoms with Gasteiger partial charge in [0.2, 0.25) is 10.0 Å². The Bertz CT molecular complexity index is 1130. The van der Waals surface area contributed by atoms with Crippen LogP contribution in [0.2, 0.25) is 0 Å². The Kier molecular flexibility index (Phi) is 7.73. The van der Waals surface area contributed by atoms with E-state index in [1.165, 1.54) is 34.6 Å². The third-order valence-electron chi connectivity index (χ3n) is 4.71. The summed E-state index contributed by atoms with van der Waals surface area (Å²) in [5.41, 5.74) is 1.01. The monoisotopic (exact) mass is 462 g/mol. The zero-order valence-corrected chi connectivity index (χ0v) is 18.2. The van der Waals surface area contributed by atoms with Crippen molar-refractivity contribution >= 4 is 33.7 Å². The average Bonchev–Trinajstić information content (AvgIpc) is 2.79. The quantitative estimate of drug-likeness (QED) is 0.501. The Morgan fingerprint density at radius 1 is 1.19 bits per heavy atom. The first-order valence-corrected chi connectivity index (χ1v) is 11.3. The molecule has 0 aliphatic carbocycles. The van der Waals surface area contributed by atoms with Crippen molar-refractivity contribution in [2.45, 2.75) is 11.8 Å². The van der Waals surface area contributed by atoms with Gasteiger partial charge in [0.1, 0.15) is 5.82 Å². The summed E-state index contributed by atoms with van der Waals surface area (Å²) < 4.78 is 50.8. The number of sulfonamides is 1. The summed E-state index contributed by atoms with van der Waals surface area (Å²) in [6.45, 7) is 2.25. The average molecular weight is 462 g/mol. The Labute approximate surface area is 185 Å². The van der Waals surface area contributed by atoms with Crippen LogP contribution in [0.1, 0.15) is 11.1 Å². The van der Waals surface area contributed by atoms with Gasteiger partial charge in [0.15, 0.2) is 6.61 Å². The van der Waals surface area contributed by atoms with E-state index >= 15 is 0 Å². The molecule has 1 saturated heterocycles. The number of amides is 1. The third-order valence-corrected chi connectivity index (χ3v) is 6.75. The number of ether oxygens (including phenoxy) is 2. The topological polar surface area (TPSA) is 102 Å². The summed E-state index contributed by atoms with van der Waals surface area (Å²) in [6, 6.07) is 10.4. The van der Waals surface area contributed by atoms with E-state index in [9.17, 15) is 22.4 Å². The summed E-state index contributed by atoms with van der Waals surface area (Å²) in [4.78, 5) is 24.0. The minimum absolute atomic E-state index is 0.0852. The SMILES string of the molecule is Cc1ccc(NC(=O)COC(=O)/C=C/c2ccccc2F)cc1S(=O)(=O)N1CCOCC1. The van der Waals surface area contributed by atoms with Gasteiger partial charge in [-0.05, 0) is 36.8 Å². The molecule has 0 saturated carbocycles. The largest absolute Gasteiger partial charge is 0.452 e. The molecule has 0 atom stereocenters. The fourth-order valence-electron chi connectivity index (χ4n) is 3.03. The molecule has 1 N–H and O–H groups in total. The number of esters is 1. The lowest BCUT2D eigenvalue weighted by atomic mass is 10.2. The number of nitrogens with one attached hydrogen (secondary N) is 1. The maximum atomic E-state index is 13.5. The van der Waals surface area contributed by atoms with Gasteiger partial charge in [0.25, 0.3) is 5.91 Å². The minimum atomic E-state index is -3.74. The number of rotatable bonds is 7. The molecule has 2 aromatic carbocycles. The number of carbonyl (C=O) groups excluding carboxylic acids is 2. The van der Waals surface area contributed by atoms with Crippen LogP contribution in [0.15, 0.2) is 53.4 Å². The summed E-state index contributed by atoms with van der Waals surface area (Å²) in [5, 5.41) is 2.51. The molecule has 170 valence electrons. The first-order valence-electron chi connectivity index (χ1n) is 9.85. The smallest absolute Gasteiger partial charge is 0.331 e. The maximum absolute atomic E-state index is 13.5. The second-order valence-corrected chi connectivity index (χ2v) is 8.91. The van der Waals surface area contributed by atoms with E-state index < -0.39 is 34.3 Å². The van der Waals surface area contributed by atoms with Crippen LogP contribution in [0.3, 0.4) is 0 Å². The molecule has 1 heterocycles. The highest BCUT2D eigenvalue weighted by Gasteiger charge is 2.28. The number of hydrogen-bond donors (Lipinski definition) is 1. The van der Waals surface area contributed by atoms with Crippen molar-refractivity contribution in [2.24, 2.45) is 0 Å². The fraction of sp³-hybridized carbons (Fsp3) is 0.273. The maximum Gasteiger partial charge on any atom is 0.331 e. The van der Waals surface area contributed by atoms with E-state index in [4.69, 9.17) is 9.47 Å². The molecule has 10 heteroatoms. The molecule has 32 heavy (non-hydrogen) atoms. The van der Waals surface area contributed by atoms with Gasteiger partial charge < -0.3 is 14.8 Å². The molecule has 8 nitrogen and oxygen atoms in total. The molecule has 1 aliphatic heterocycles. The number of halogens is 1. The Morgan fingerprint density at radius 3 is 2.62 bits per heavy atom. The second-order valence-electron chi connectivity index (χ2n) is 7.01. The number of nitrogens with zero attached hydrogens (tertiary/aromatic N) is 1. The molecule has 0 aromatic heterocycles. The van der Waals surface area contributed by atoms with Gasteiger partial charge in [-0.25, -0.2) is 17.6 Å². The summed E-state index contributed by atoms with van der Waals surface area (Å²) in [7, 11) is -3.74. The van der Waals surface area contributed by atoms with E-state index in [1.54, 1.807) is 25.1 Å². The van der Waals surface area contributed by atoms with Gasteiger partial charge in [0, 0.05) is 30.4 Å². The van der Waals surface area contributed by atoms with E-state index in [-0.39, 0.29) is 29.2 Å². The number of morpholine rings is 1. The van der Waals surface area contributed by atoms with E-state index in [1.807, 2.05) is 0 Å². The summed E-state index contributed by atoms with van der Waals surface area (Å²) >= 11 is 0. The summed E-state index contributed by atoms with van der Waals surface area (Å²) in [6.07, 6.45) is 2.27. The van der Waals surface area contributed by atoms with Crippen LogP contribution >= 0.6 is 0 Å². The highest BCUT2D eigenvalue weighted by Crippen LogP contribution is 2.24. The molecule has 3 rings (SSSR count). The van der Waals surface area contributed by atoms with Crippen LogP contribution in [-0.4, -0.2) is 57.5 Å². The molecular weight excluding hydrogens is 439 g/mol. The molecule has 1 fully saturated rings. The van der Waals surface area contributed by atoms with Crippen molar-refractivity contribution in [3.8, 4) is 0 Å². The van der Waals surface area contributed by atoms with Gasteiger partial charge >= 0.3 is 5.97 Å². The lowest BCUT2D eigenvalue weighted by molar-refractivity contribution is -0.142. The van der Waals surface area contributed by atoms with Gasteiger partial charge in [-0.1, -0.05) is 24.3 Å². The first-order chi connectivity index (χ1) is 15.3. The zero-order chi connectivity index (χ0) is 23.1. The number of aryl methyl sites for hydroxylation is 1. The number of anilines is 1. The number of hydrogen-bond acceptors (Lipinski definition) is 6. The predicted molar refractivity (Wildman–Crippen MR) is 116 cm³/mol. The first kappa shape index (κ1) is 23.6. The molecule has 0 bridgehead atoms. The molecule has 1 aliphatic rings. The van der Waals surface area contributed by atoms with Gasteiger partial charge in [0.05, 0.1) is 18.1 Å². The standard InChI is InChI=1S/C22H23FN2O6S/c1-16-6-8-18(14-20(16)32(28,29)25-10-12-30-13-11-25)24-21(26)15-31-22(27)9-7-17-4-2-3-5-19(17)23/h2-9,14H,10-13,15H2,1H3,(H,24,26)/b9-7+. The summed E-state index contributed by atoms with van der Waals surface area (Å²) in [5.74, 6) is -1.95. The van der Waals surface area contributed by atoms with Crippen LogP contribution in [0, 0.1) is 12.7 Å². The van der Waals surface area contributed by atoms with Crippen molar-refractivity contribution < 1.29 is 31.9 Å². The van der Waals surface area contributed by atoms with Gasteiger partial charge in [-0.2, -0.15) is 4.31 Å². The number of benzene rings is 2. The molecule has 0 spiro atoms. The second kappa shape index (κ2) is 10.5. The van der Waals surface area contributed by atoms with Crippen molar-refractivity contribution in [3.05, 3.63) is 65.5 Å². The fourth-order valence-corrected chi connectivity index (χ4v) is 4.69. The van der Waals surface area contributed by atoms with Crippen LogP contribution in [0.4, 0.5) is 10.1 Å². The van der Waals surface area contributed by atoms with Crippen molar-refractivity contribution in [1.29, 1.82) is 0 Å². The van der Waals surface area contributed by atoms with Gasteiger partial charge in [-0.3, -0.25) is 4.79 Å². The molecule has 0 radical (unpaired) electrons. The normalized spacial score (nSPS) is 14.9. The van der Waals surface area contributed by atoms with Crippen molar-refractivity contribution in [3.63, 3.8) is 0 Å². The van der Waals surface area contributed by atoms with Crippen LogP contribution < -0.4 is 5.32 Å². The molecule has 2 aromatic rings. The Hall–Kier alpha value is -3.08. The highest BCUT2D eigenvalue weighted by molar-refractivity contribution is 7.89. The van der Waals surface area contributed by atoms with Crippen LogP contribution in [-0.2, 0) is 29.1 Å².